The number of aliphatic hydroxyl groups is 1. The summed E-state index contributed by atoms with van der Waals surface area (Å²) in [5, 5.41) is 13.4. The molecule has 0 bridgehead atoms. The van der Waals surface area contributed by atoms with E-state index in [-0.39, 0.29) is 35.8 Å². The molecule has 2 saturated heterocycles. The van der Waals surface area contributed by atoms with E-state index in [1.807, 2.05) is 0 Å². The number of likely N-dealkylation sites (tertiary alicyclic amines) is 1. The quantitative estimate of drug-likeness (QED) is 0.358. The molecule has 41 heavy (non-hydrogen) atoms. The molecule has 2 fully saturated rings. The number of hydrogen-bond donors (Lipinski definition) is 2. The number of methoxy groups -OCH3 is 1. The zero-order valence-electron chi connectivity index (χ0n) is 22.8. The van der Waals surface area contributed by atoms with Crippen LogP contribution in [0.4, 0.5) is 23.4 Å². The van der Waals surface area contributed by atoms with Crippen molar-refractivity contribution in [3.63, 3.8) is 0 Å². The zero-order valence-corrected chi connectivity index (χ0v) is 23.6. The maximum atomic E-state index is 14.1. The molecule has 4 rings (SSSR count). The van der Waals surface area contributed by atoms with Crippen LogP contribution in [-0.4, -0.2) is 73.3 Å². The van der Waals surface area contributed by atoms with Crippen LogP contribution in [0.1, 0.15) is 48.0 Å². The Morgan fingerprint density at radius 2 is 1.68 bits per heavy atom. The van der Waals surface area contributed by atoms with Crippen molar-refractivity contribution in [1.29, 1.82) is 0 Å². The number of halogens is 5. The number of anilines is 1. The molecule has 0 aliphatic carbocycles. The van der Waals surface area contributed by atoms with Crippen LogP contribution in [0, 0.1) is 17.7 Å². The van der Waals surface area contributed by atoms with Crippen molar-refractivity contribution in [3.05, 3.63) is 52.4 Å². The lowest BCUT2D eigenvalue weighted by Gasteiger charge is -2.40. The van der Waals surface area contributed by atoms with Gasteiger partial charge < -0.3 is 25.0 Å². The van der Waals surface area contributed by atoms with Gasteiger partial charge in [-0.2, -0.15) is 13.2 Å². The van der Waals surface area contributed by atoms with E-state index in [9.17, 15) is 32.3 Å². The Hall–Kier alpha value is -3.12. The normalized spacial score (nSPS) is 18.6. The Kier molecular flexibility index (Phi) is 9.32. The maximum Gasteiger partial charge on any atom is 0.430 e. The van der Waals surface area contributed by atoms with Crippen molar-refractivity contribution < 1.29 is 37.0 Å². The fourth-order valence-electron chi connectivity index (χ4n) is 5.67. The van der Waals surface area contributed by atoms with Crippen molar-refractivity contribution in [2.45, 2.75) is 43.9 Å². The van der Waals surface area contributed by atoms with Crippen molar-refractivity contribution in [2.24, 2.45) is 11.8 Å². The average molecular weight is 601 g/mol. The summed E-state index contributed by atoms with van der Waals surface area (Å²) in [6.45, 7) is 1.63. The molecule has 1 aromatic heterocycles. The fraction of sp³-hybridized carbons (Fsp3) is 0.536. The molecule has 0 unspecified atom stereocenters. The third-order valence-corrected chi connectivity index (χ3v) is 8.35. The minimum atomic E-state index is -5.37. The number of amides is 2. The predicted octanol–water partition coefficient (Wildman–Crippen LogP) is 4.54. The Morgan fingerprint density at radius 1 is 1.07 bits per heavy atom. The first-order chi connectivity index (χ1) is 19.4. The summed E-state index contributed by atoms with van der Waals surface area (Å²) in [6, 6.07) is 5.62. The first-order valence-corrected chi connectivity index (χ1v) is 13.8. The van der Waals surface area contributed by atoms with Crippen LogP contribution >= 0.6 is 11.6 Å². The summed E-state index contributed by atoms with van der Waals surface area (Å²) in [6.07, 6.45) is -1.69. The first-order valence-electron chi connectivity index (χ1n) is 13.4. The van der Waals surface area contributed by atoms with E-state index in [0.29, 0.717) is 36.2 Å². The molecule has 8 nitrogen and oxygen atoms in total. The van der Waals surface area contributed by atoms with Crippen molar-refractivity contribution in [2.75, 3.05) is 45.2 Å². The van der Waals surface area contributed by atoms with Gasteiger partial charge in [0, 0.05) is 44.9 Å². The van der Waals surface area contributed by atoms with Crippen LogP contribution in [-0.2, 0) is 10.4 Å². The van der Waals surface area contributed by atoms with Crippen LogP contribution in [0.25, 0.3) is 0 Å². The first kappa shape index (κ1) is 30.8. The van der Waals surface area contributed by atoms with E-state index >= 15 is 0 Å². The fourth-order valence-corrected chi connectivity index (χ4v) is 5.91. The number of nitrogens with one attached hydrogen (secondary N) is 1. The van der Waals surface area contributed by atoms with Crippen molar-refractivity contribution >= 4 is 29.2 Å². The van der Waals surface area contributed by atoms with E-state index in [1.54, 1.807) is 12.1 Å². The van der Waals surface area contributed by atoms with Gasteiger partial charge in [-0.05, 0) is 68.2 Å². The lowest BCUT2D eigenvalue weighted by atomic mass is 9.82. The average Bonchev–Trinajstić information content (AvgIpc) is 2.95. The summed E-state index contributed by atoms with van der Waals surface area (Å²) in [7, 11) is 2.67. The molecule has 2 aliphatic rings. The van der Waals surface area contributed by atoms with E-state index in [4.69, 9.17) is 16.3 Å². The highest BCUT2D eigenvalue weighted by atomic mass is 35.5. The minimum absolute atomic E-state index is 0.0628. The maximum absolute atomic E-state index is 14.1. The van der Waals surface area contributed by atoms with Gasteiger partial charge in [-0.15, -0.1) is 0 Å². The molecule has 3 heterocycles. The largest absolute Gasteiger partial charge is 0.497 e. The van der Waals surface area contributed by atoms with Crippen molar-refractivity contribution in [1.82, 2.24) is 15.2 Å². The van der Waals surface area contributed by atoms with Gasteiger partial charge in [-0.1, -0.05) is 11.6 Å². The minimum Gasteiger partial charge on any atom is -0.497 e. The lowest BCUT2D eigenvalue weighted by Crippen LogP contribution is -2.57. The summed E-state index contributed by atoms with van der Waals surface area (Å²) in [4.78, 5) is 32.4. The van der Waals surface area contributed by atoms with Crippen molar-refractivity contribution in [3.8, 4) is 5.75 Å². The number of hydrogen-bond acceptors (Lipinski definition) is 6. The van der Waals surface area contributed by atoms with E-state index in [2.05, 4.69) is 15.2 Å². The second-order valence-electron chi connectivity index (χ2n) is 10.6. The number of carbonyl (C=O) groups excluding carboxylic acids is 2. The molecule has 2 aromatic rings. The highest BCUT2D eigenvalue weighted by molar-refractivity contribution is 6.32. The van der Waals surface area contributed by atoms with E-state index < -0.39 is 29.1 Å². The molecule has 0 spiro atoms. The number of benzene rings is 1. The highest BCUT2D eigenvalue weighted by Crippen LogP contribution is 2.43. The second kappa shape index (κ2) is 12.4. The number of carbonyl (C=O) groups is 2. The summed E-state index contributed by atoms with van der Waals surface area (Å²) < 4.78 is 61.1. The molecule has 13 heteroatoms. The number of pyridine rings is 1. The van der Waals surface area contributed by atoms with Crippen LogP contribution in [0.15, 0.2) is 30.3 Å². The molecule has 0 radical (unpaired) electrons. The van der Waals surface area contributed by atoms with Gasteiger partial charge >= 0.3 is 6.18 Å². The highest BCUT2D eigenvalue weighted by Gasteiger charge is 2.62. The number of piperidine rings is 2. The smallest absolute Gasteiger partial charge is 0.430 e. The molecular formula is C28H33ClF4N4O4. The third kappa shape index (κ3) is 6.53. The van der Waals surface area contributed by atoms with Gasteiger partial charge in [0.05, 0.1) is 12.7 Å². The lowest BCUT2D eigenvalue weighted by molar-refractivity contribution is -0.262. The van der Waals surface area contributed by atoms with Crippen LogP contribution in [0.5, 0.6) is 5.75 Å². The van der Waals surface area contributed by atoms with Crippen LogP contribution in [0.2, 0.25) is 5.15 Å². The number of rotatable bonds is 7. The predicted molar refractivity (Wildman–Crippen MR) is 144 cm³/mol. The molecule has 1 aromatic carbocycles. The van der Waals surface area contributed by atoms with Gasteiger partial charge in [-0.25, -0.2) is 9.37 Å². The standard InChI is InChI=1S/C28H33ClF4N4O4/c1-34-25(38)22-3-4-23(35-24(22)29)36-9-5-17(6-10-36)13-18-7-11-37(12-8-18)26(39)27(40,28(31,32)33)19-14-20(30)16-21(15-19)41-2/h3-4,14-18,40H,5-13H2,1-2H3,(H,34,38)/t27-/m1/s1. The molecular weight excluding hydrogens is 568 g/mol. The summed E-state index contributed by atoms with van der Waals surface area (Å²) in [5.74, 6) is -1.79. The van der Waals surface area contributed by atoms with Crippen LogP contribution in [0.3, 0.4) is 0 Å². The number of ether oxygens (including phenoxy) is 1. The molecule has 224 valence electrons. The topological polar surface area (TPSA) is 95.0 Å². The van der Waals surface area contributed by atoms with Gasteiger partial charge in [0.1, 0.15) is 22.5 Å². The van der Waals surface area contributed by atoms with Gasteiger partial charge in [0.15, 0.2) is 0 Å². The Bertz CT molecular complexity index is 1260. The second-order valence-corrected chi connectivity index (χ2v) is 10.9. The van der Waals surface area contributed by atoms with Gasteiger partial charge in [0.25, 0.3) is 17.4 Å². The monoisotopic (exact) mass is 600 g/mol. The Morgan fingerprint density at radius 3 is 2.22 bits per heavy atom. The van der Waals surface area contributed by atoms with E-state index in [1.165, 1.54) is 7.05 Å². The molecule has 2 amide bonds. The number of aromatic nitrogens is 1. The number of alkyl halides is 3. The summed E-state index contributed by atoms with van der Waals surface area (Å²) >= 11 is 6.20. The third-order valence-electron chi connectivity index (χ3n) is 8.06. The Balaban J connectivity index is 1.33. The number of nitrogens with zero attached hydrogens (tertiary/aromatic N) is 3. The van der Waals surface area contributed by atoms with E-state index in [0.717, 1.165) is 56.5 Å². The van der Waals surface area contributed by atoms with Gasteiger partial charge in [0.2, 0.25) is 0 Å². The molecule has 0 saturated carbocycles. The summed E-state index contributed by atoms with van der Waals surface area (Å²) in [5.41, 5.74) is -4.50. The van der Waals surface area contributed by atoms with Crippen LogP contribution < -0.4 is 15.0 Å². The molecule has 2 N–H and O–H groups in total. The van der Waals surface area contributed by atoms with Gasteiger partial charge in [-0.3, -0.25) is 9.59 Å². The Labute approximate surface area is 240 Å². The molecule has 1 atom stereocenters. The molecule has 2 aliphatic heterocycles. The SMILES string of the molecule is CNC(=O)c1ccc(N2CCC(CC3CCN(C(=O)[C@](O)(c4cc(F)cc(OC)c4)C(F)(F)F)CC3)CC2)nc1Cl. The zero-order chi connectivity index (χ0) is 29.9.